The highest BCUT2D eigenvalue weighted by molar-refractivity contribution is 5.92. The van der Waals surface area contributed by atoms with Crippen LogP contribution in [0.25, 0.3) is 0 Å². The maximum atomic E-state index is 12.2. The third kappa shape index (κ3) is 5.62. The molecule has 27 heavy (non-hydrogen) atoms. The molecule has 0 atom stereocenters. The summed E-state index contributed by atoms with van der Waals surface area (Å²) in [7, 11) is 0. The summed E-state index contributed by atoms with van der Waals surface area (Å²) in [6, 6.07) is 11.8. The first-order chi connectivity index (χ1) is 13.0. The molecule has 2 aromatic rings. The van der Waals surface area contributed by atoms with Crippen LogP contribution in [0.2, 0.25) is 0 Å². The molecular weight excluding hydrogens is 340 g/mol. The smallest absolute Gasteiger partial charge is 0.228 e. The lowest BCUT2D eigenvalue weighted by molar-refractivity contribution is -0.130. The van der Waals surface area contributed by atoms with E-state index in [1.54, 1.807) is 13.1 Å². The summed E-state index contributed by atoms with van der Waals surface area (Å²) >= 11 is 0. The number of nitrogens with zero attached hydrogens (tertiary/aromatic N) is 3. The van der Waals surface area contributed by atoms with Crippen molar-refractivity contribution in [3.8, 4) is 0 Å². The van der Waals surface area contributed by atoms with Crippen LogP contribution in [-0.4, -0.2) is 52.8 Å². The number of anilines is 1. The zero-order valence-electron chi connectivity index (χ0n) is 15.9. The molecule has 6 heteroatoms. The fraction of sp³-hybridized carbons (Fsp3) is 0.381. The van der Waals surface area contributed by atoms with Crippen LogP contribution < -0.4 is 5.32 Å². The van der Waals surface area contributed by atoms with Gasteiger partial charge in [-0.3, -0.25) is 19.5 Å². The maximum absolute atomic E-state index is 12.2. The van der Waals surface area contributed by atoms with E-state index in [9.17, 15) is 9.59 Å². The van der Waals surface area contributed by atoms with Crippen LogP contribution in [0.3, 0.4) is 0 Å². The van der Waals surface area contributed by atoms with Crippen molar-refractivity contribution in [2.45, 2.75) is 26.8 Å². The van der Waals surface area contributed by atoms with Gasteiger partial charge in [-0.2, -0.15) is 0 Å². The summed E-state index contributed by atoms with van der Waals surface area (Å²) in [5.41, 5.74) is 3.84. The van der Waals surface area contributed by atoms with Gasteiger partial charge in [0.2, 0.25) is 11.8 Å². The zero-order chi connectivity index (χ0) is 19.2. The van der Waals surface area contributed by atoms with Crippen LogP contribution in [-0.2, 0) is 22.6 Å². The van der Waals surface area contributed by atoms with E-state index >= 15 is 0 Å². The van der Waals surface area contributed by atoms with Crippen LogP contribution in [0.5, 0.6) is 0 Å². The fourth-order valence-electron chi connectivity index (χ4n) is 3.17. The lowest BCUT2D eigenvalue weighted by atomic mass is 10.1. The average molecular weight is 366 g/mol. The average Bonchev–Trinajstić information content (AvgIpc) is 2.66. The SMILES string of the molecule is CC(=O)N1CCN(Cc2ccc(NC(=O)Cc3ccc(C)nc3)cc2)CC1. The van der Waals surface area contributed by atoms with Crippen molar-refractivity contribution in [3.63, 3.8) is 0 Å². The van der Waals surface area contributed by atoms with Gasteiger partial charge in [0.15, 0.2) is 0 Å². The van der Waals surface area contributed by atoms with Gasteiger partial charge in [-0.25, -0.2) is 0 Å². The predicted molar refractivity (Wildman–Crippen MR) is 105 cm³/mol. The predicted octanol–water partition coefficient (Wildman–Crippen LogP) is 2.24. The first kappa shape index (κ1) is 19.0. The van der Waals surface area contributed by atoms with Crippen LogP contribution in [0, 0.1) is 6.92 Å². The second-order valence-electron chi connectivity index (χ2n) is 7.01. The number of piperazine rings is 1. The molecule has 0 spiro atoms. The number of benzene rings is 1. The largest absolute Gasteiger partial charge is 0.340 e. The van der Waals surface area contributed by atoms with E-state index in [4.69, 9.17) is 0 Å². The Labute approximate surface area is 160 Å². The van der Waals surface area contributed by atoms with E-state index in [0.717, 1.165) is 49.7 Å². The second kappa shape index (κ2) is 8.77. The number of hydrogen-bond donors (Lipinski definition) is 1. The van der Waals surface area contributed by atoms with Crippen LogP contribution >= 0.6 is 0 Å². The molecule has 1 aromatic heterocycles. The van der Waals surface area contributed by atoms with Crippen LogP contribution in [0.1, 0.15) is 23.7 Å². The van der Waals surface area contributed by atoms with Gasteiger partial charge >= 0.3 is 0 Å². The number of aromatic nitrogens is 1. The van der Waals surface area contributed by atoms with Crippen molar-refractivity contribution < 1.29 is 9.59 Å². The van der Waals surface area contributed by atoms with Gasteiger partial charge in [0.1, 0.15) is 0 Å². The minimum atomic E-state index is -0.0474. The standard InChI is InChI=1S/C21H26N4O2/c1-16-3-4-19(14-22-16)13-21(27)23-20-7-5-18(6-8-20)15-24-9-11-25(12-10-24)17(2)26/h3-8,14H,9-13,15H2,1-2H3,(H,23,27). The molecule has 0 radical (unpaired) electrons. The fourth-order valence-corrected chi connectivity index (χ4v) is 3.17. The summed E-state index contributed by atoms with van der Waals surface area (Å²) in [5.74, 6) is 0.102. The minimum absolute atomic E-state index is 0.0474. The molecule has 1 saturated heterocycles. The summed E-state index contributed by atoms with van der Waals surface area (Å²) in [6.45, 7) is 7.77. The molecule has 0 bridgehead atoms. The Morgan fingerprint density at radius 3 is 2.26 bits per heavy atom. The van der Waals surface area contributed by atoms with Crippen LogP contribution in [0.15, 0.2) is 42.6 Å². The van der Waals surface area contributed by atoms with Gasteiger partial charge in [-0.05, 0) is 36.2 Å². The van der Waals surface area contributed by atoms with E-state index in [-0.39, 0.29) is 11.8 Å². The quantitative estimate of drug-likeness (QED) is 0.881. The van der Waals surface area contributed by atoms with Gasteiger partial charge in [-0.15, -0.1) is 0 Å². The first-order valence-electron chi connectivity index (χ1n) is 9.28. The molecule has 0 aliphatic carbocycles. The number of aryl methyl sites for hydroxylation is 1. The molecule has 142 valence electrons. The van der Waals surface area contributed by atoms with Crippen molar-refractivity contribution in [3.05, 3.63) is 59.4 Å². The molecule has 1 aromatic carbocycles. The Morgan fingerprint density at radius 2 is 1.67 bits per heavy atom. The number of pyridine rings is 1. The lowest BCUT2D eigenvalue weighted by Crippen LogP contribution is -2.47. The van der Waals surface area contributed by atoms with E-state index in [2.05, 4.69) is 15.2 Å². The summed E-state index contributed by atoms with van der Waals surface area (Å²) < 4.78 is 0. The molecule has 6 nitrogen and oxygen atoms in total. The highest BCUT2D eigenvalue weighted by Gasteiger charge is 2.18. The van der Waals surface area contributed by atoms with Gasteiger partial charge < -0.3 is 10.2 Å². The van der Waals surface area contributed by atoms with Crippen molar-refractivity contribution in [2.24, 2.45) is 0 Å². The Morgan fingerprint density at radius 1 is 1.00 bits per heavy atom. The van der Waals surface area contributed by atoms with E-state index in [1.807, 2.05) is 48.2 Å². The third-order valence-electron chi connectivity index (χ3n) is 4.80. The summed E-state index contributed by atoms with van der Waals surface area (Å²) in [6.07, 6.45) is 2.05. The van der Waals surface area contributed by atoms with E-state index < -0.39 is 0 Å². The molecular formula is C21H26N4O2. The van der Waals surface area contributed by atoms with Crippen molar-refractivity contribution in [1.29, 1.82) is 0 Å². The maximum Gasteiger partial charge on any atom is 0.228 e. The molecule has 1 N–H and O–H groups in total. The molecule has 1 aliphatic heterocycles. The van der Waals surface area contributed by atoms with Gasteiger partial charge in [0, 0.05) is 57.2 Å². The number of hydrogen-bond acceptors (Lipinski definition) is 4. The Bertz CT molecular complexity index is 779. The molecule has 1 aliphatic rings. The van der Waals surface area contributed by atoms with Crippen molar-refractivity contribution in [1.82, 2.24) is 14.8 Å². The number of carbonyl (C=O) groups excluding carboxylic acids is 2. The monoisotopic (exact) mass is 366 g/mol. The highest BCUT2D eigenvalue weighted by atomic mass is 16.2. The molecule has 1 fully saturated rings. The lowest BCUT2D eigenvalue weighted by Gasteiger charge is -2.34. The molecule has 2 amide bonds. The first-order valence-corrected chi connectivity index (χ1v) is 9.28. The number of amides is 2. The molecule has 0 saturated carbocycles. The molecule has 3 rings (SSSR count). The number of carbonyl (C=O) groups is 2. The van der Waals surface area contributed by atoms with Crippen LogP contribution in [0.4, 0.5) is 5.69 Å². The number of rotatable bonds is 5. The van der Waals surface area contributed by atoms with Gasteiger partial charge in [-0.1, -0.05) is 18.2 Å². The zero-order valence-corrected chi connectivity index (χ0v) is 15.9. The van der Waals surface area contributed by atoms with Crippen molar-refractivity contribution in [2.75, 3.05) is 31.5 Å². The van der Waals surface area contributed by atoms with Gasteiger partial charge in [0.05, 0.1) is 6.42 Å². The van der Waals surface area contributed by atoms with Gasteiger partial charge in [0.25, 0.3) is 0 Å². The van der Waals surface area contributed by atoms with E-state index in [0.29, 0.717) is 6.42 Å². The molecule has 2 heterocycles. The Balaban J connectivity index is 1.48. The second-order valence-corrected chi connectivity index (χ2v) is 7.01. The summed E-state index contributed by atoms with van der Waals surface area (Å²) in [4.78, 5) is 32.0. The Hall–Kier alpha value is -2.73. The summed E-state index contributed by atoms with van der Waals surface area (Å²) in [5, 5.41) is 2.93. The van der Waals surface area contributed by atoms with E-state index in [1.165, 1.54) is 5.56 Å². The van der Waals surface area contributed by atoms with Crippen molar-refractivity contribution >= 4 is 17.5 Å². The Kier molecular flexibility index (Phi) is 6.19. The molecule has 0 unspecified atom stereocenters. The number of nitrogens with one attached hydrogen (secondary N) is 1. The highest BCUT2D eigenvalue weighted by Crippen LogP contribution is 2.14. The minimum Gasteiger partial charge on any atom is -0.340 e. The normalized spacial score (nSPS) is 14.8. The topological polar surface area (TPSA) is 65.5 Å². The third-order valence-corrected chi connectivity index (χ3v) is 4.80.